The van der Waals surface area contributed by atoms with Gasteiger partial charge in [-0.2, -0.15) is 5.26 Å². The van der Waals surface area contributed by atoms with Gasteiger partial charge in [-0.3, -0.25) is 15.1 Å². The highest BCUT2D eigenvalue weighted by atomic mass is 19.3. The predicted octanol–water partition coefficient (Wildman–Crippen LogP) is 4.68. The largest absolute Gasteiger partial charge is 0.444 e. The van der Waals surface area contributed by atoms with Crippen LogP contribution in [-0.2, 0) is 16.8 Å². The second-order valence-electron chi connectivity index (χ2n) is 9.95. The van der Waals surface area contributed by atoms with E-state index in [0.29, 0.717) is 0 Å². The van der Waals surface area contributed by atoms with Crippen LogP contribution in [0.3, 0.4) is 0 Å². The van der Waals surface area contributed by atoms with Crippen molar-refractivity contribution >= 4 is 23.5 Å². The molecule has 39 heavy (non-hydrogen) atoms. The standard InChI is InChI=1S/C26H24F3N7O3/c1-25(2,3)39-24(38)34-21-22-32-12-19(20(28)29)36(22)13-26(4,35-21)16-9-15(6-7-17(16)27)33-23(37)18-8-5-14(10-30)11-31-18/h5-9,11-12,20H,13H2,1-4H3,(H,33,37)(H,34,35,38)/t26-/m0/s1. The van der Waals surface area contributed by atoms with E-state index in [2.05, 4.69) is 25.6 Å². The number of amidine groups is 1. The molecule has 4 rings (SSSR count). The Bertz CT molecular complexity index is 1500. The molecule has 1 aromatic carbocycles. The molecule has 10 nitrogen and oxygen atoms in total. The average molecular weight is 540 g/mol. The minimum absolute atomic E-state index is 0.0234. The number of nitrogens with zero attached hydrogens (tertiary/aromatic N) is 5. The Morgan fingerprint density at radius 3 is 2.51 bits per heavy atom. The Morgan fingerprint density at radius 2 is 1.90 bits per heavy atom. The summed E-state index contributed by atoms with van der Waals surface area (Å²) in [5, 5.41) is 14.0. The lowest BCUT2D eigenvalue weighted by atomic mass is 9.90. The van der Waals surface area contributed by atoms with Crippen molar-refractivity contribution in [1.82, 2.24) is 19.9 Å². The third-order valence-electron chi connectivity index (χ3n) is 5.70. The van der Waals surface area contributed by atoms with Gasteiger partial charge in [-0.15, -0.1) is 0 Å². The smallest absolute Gasteiger partial charge is 0.413 e. The number of aromatic nitrogens is 3. The molecule has 2 aromatic heterocycles. The number of alkyl carbamates (subject to hydrolysis) is 1. The number of imidazole rings is 1. The first kappa shape index (κ1) is 27.3. The SMILES string of the molecule is CC(C)(C)OC(=O)NC1=N[C@](C)(c2cc(NC(=O)c3ccc(C#N)cn3)ccc2F)Cn2c(C(F)F)cnc21. The molecule has 0 radical (unpaired) electrons. The first-order chi connectivity index (χ1) is 18.3. The fraction of sp³-hybridized carbons (Fsp3) is 0.308. The van der Waals surface area contributed by atoms with E-state index in [1.54, 1.807) is 20.8 Å². The first-order valence-electron chi connectivity index (χ1n) is 11.7. The number of alkyl halides is 2. The lowest BCUT2D eigenvalue weighted by molar-refractivity contribution is 0.0562. The highest BCUT2D eigenvalue weighted by Gasteiger charge is 2.39. The number of benzene rings is 1. The third-order valence-corrected chi connectivity index (χ3v) is 5.70. The van der Waals surface area contributed by atoms with E-state index in [1.807, 2.05) is 6.07 Å². The monoisotopic (exact) mass is 539 g/mol. The minimum Gasteiger partial charge on any atom is -0.444 e. The van der Waals surface area contributed by atoms with Crippen molar-refractivity contribution in [3.63, 3.8) is 0 Å². The molecule has 3 aromatic rings. The number of hydrogen-bond donors (Lipinski definition) is 2. The van der Waals surface area contributed by atoms with Gasteiger partial charge >= 0.3 is 6.09 Å². The van der Waals surface area contributed by atoms with Crippen molar-refractivity contribution in [2.45, 2.75) is 51.8 Å². The predicted molar refractivity (Wildman–Crippen MR) is 134 cm³/mol. The summed E-state index contributed by atoms with van der Waals surface area (Å²) in [6.45, 7) is 6.23. The molecule has 0 saturated carbocycles. The van der Waals surface area contributed by atoms with Crippen molar-refractivity contribution in [3.05, 3.63) is 76.9 Å². The molecule has 13 heteroatoms. The topological polar surface area (TPSA) is 134 Å². The number of nitrogens with one attached hydrogen (secondary N) is 2. The van der Waals surface area contributed by atoms with Gasteiger partial charge in [-0.05, 0) is 58.0 Å². The molecule has 0 aliphatic carbocycles. The van der Waals surface area contributed by atoms with Crippen LogP contribution in [0.5, 0.6) is 0 Å². The lowest BCUT2D eigenvalue weighted by Crippen LogP contribution is -2.44. The van der Waals surface area contributed by atoms with E-state index >= 15 is 4.39 Å². The number of pyridine rings is 1. The lowest BCUT2D eigenvalue weighted by Gasteiger charge is -2.33. The van der Waals surface area contributed by atoms with E-state index in [9.17, 15) is 18.4 Å². The van der Waals surface area contributed by atoms with Crippen LogP contribution in [-0.4, -0.2) is 38.0 Å². The molecule has 1 aliphatic heterocycles. The Morgan fingerprint density at radius 1 is 1.15 bits per heavy atom. The minimum atomic E-state index is -2.90. The molecule has 0 saturated heterocycles. The van der Waals surface area contributed by atoms with Gasteiger partial charge in [0, 0.05) is 17.4 Å². The summed E-state index contributed by atoms with van der Waals surface area (Å²) in [7, 11) is 0. The summed E-state index contributed by atoms with van der Waals surface area (Å²) in [4.78, 5) is 37.6. The number of ether oxygens (including phenoxy) is 1. The maximum atomic E-state index is 15.2. The average Bonchev–Trinajstić information content (AvgIpc) is 3.28. The molecule has 1 atom stereocenters. The summed E-state index contributed by atoms with van der Waals surface area (Å²) in [6.07, 6.45) is -1.58. The number of amides is 2. The van der Waals surface area contributed by atoms with Gasteiger partial charge in [0.25, 0.3) is 12.3 Å². The summed E-state index contributed by atoms with van der Waals surface area (Å²) in [5.41, 5.74) is -2.34. The third kappa shape index (κ3) is 5.90. The number of halogens is 3. The highest BCUT2D eigenvalue weighted by molar-refractivity contribution is 6.05. The summed E-state index contributed by atoms with van der Waals surface area (Å²) < 4.78 is 49.2. The van der Waals surface area contributed by atoms with Crippen LogP contribution in [0.2, 0.25) is 0 Å². The molecule has 0 spiro atoms. The number of aliphatic imine (C=N–C) groups is 1. The molecule has 2 amide bonds. The Kier molecular flexibility index (Phi) is 7.14. The quantitative estimate of drug-likeness (QED) is 0.495. The second-order valence-corrected chi connectivity index (χ2v) is 9.95. The summed E-state index contributed by atoms with van der Waals surface area (Å²) >= 11 is 0. The van der Waals surface area contributed by atoms with Crippen molar-refractivity contribution in [2.24, 2.45) is 4.99 Å². The van der Waals surface area contributed by atoms with Crippen LogP contribution in [0.4, 0.5) is 23.7 Å². The first-order valence-corrected chi connectivity index (χ1v) is 11.7. The molecule has 202 valence electrons. The van der Waals surface area contributed by atoms with Gasteiger partial charge in [0.1, 0.15) is 34.4 Å². The van der Waals surface area contributed by atoms with E-state index in [0.717, 1.165) is 16.8 Å². The van der Waals surface area contributed by atoms with Gasteiger partial charge in [0.2, 0.25) is 0 Å². The maximum absolute atomic E-state index is 15.2. The number of fused-ring (bicyclic) bond motifs is 1. The molecular formula is C26H24F3N7O3. The maximum Gasteiger partial charge on any atom is 0.413 e. The number of rotatable bonds is 4. The zero-order valence-electron chi connectivity index (χ0n) is 21.4. The number of hydrogen-bond acceptors (Lipinski definition) is 7. The van der Waals surface area contributed by atoms with Crippen LogP contribution >= 0.6 is 0 Å². The molecule has 0 bridgehead atoms. The van der Waals surface area contributed by atoms with Crippen LogP contribution in [0.15, 0.2) is 47.7 Å². The van der Waals surface area contributed by atoms with Crippen LogP contribution in [0, 0.1) is 17.1 Å². The van der Waals surface area contributed by atoms with Gasteiger partial charge in [-0.1, -0.05) is 0 Å². The normalized spacial score (nSPS) is 16.6. The van der Waals surface area contributed by atoms with Crippen LogP contribution in [0.25, 0.3) is 0 Å². The van der Waals surface area contributed by atoms with Crippen LogP contribution < -0.4 is 10.6 Å². The van der Waals surface area contributed by atoms with E-state index < -0.39 is 41.1 Å². The Balaban J connectivity index is 1.71. The van der Waals surface area contributed by atoms with Crippen molar-refractivity contribution in [2.75, 3.05) is 5.32 Å². The summed E-state index contributed by atoms with van der Waals surface area (Å²) in [6, 6.07) is 8.46. The number of nitriles is 1. The van der Waals surface area contributed by atoms with Gasteiger partial charge in [0.15, 0.2) is 11.7 Å². The van der Waals surface area contributed by atoms with E-state index in [1.165, 1.54) is 37.4 Å². The molecule has 3 heterocycles. The van der Waals surface area contributed by atoms with Crippen molar-refractivity contribution in [3.8, 4) is 6.07 Å². The molecule has 0 unspecified atom stereocenters. The number of carbonyl (C=O) groups excluding carboxylic acids is 2. The van der Waals surface area contributed by atoms with Crippen molar-refractivity contribution < 1.29 is 27.5 Å². The van der Waals surface area contributed by atoms with Crippen molar-refractivity contribution in [1.29, 1.82) is 5.26 Å². The molecule has 2 N–H and O–H groups in total. The number of anilines is 1. The van der Waals surface area contributed by atoms with Gasteiger partial charge < -0.3 is 14.6 Å². The molecule has 1 aliphatic rings. The highest BCUT2D eigenvalue weighted by Crippen LogP contribution is 2.37. The van der Waals surface area contributed by atoms with E-state index in [4.69, 9.17) is 10.00 Å². The van der Waals surface area contributed by atoms with E-state index in [-0.39, 0.29) is 40.7 Å². The zero-order chi connectivity index (χ0) is 28.5. The zero-order valence-corrected chi connectivity index (χ0v) is 21.4. The Labute approximate surface area is 221 Å². The van der Waals surface area contributed by atoms with Gasteiger partial charge in [0.05, 0.1) is 18.3 Å². The fourth-order valence-corrected chi connectivity index (χ4v) is 3.99. The Hall–Kier alpha value is -4.73. The molecular weight excluding hydrogens is 515 g/mol. The van der Waals surface area contributed by atoms with Crippen LogP contribution in [0.1, 0.15) is 67.3 Å². The number of carbonyl (C=O) groups is 2. The fourth-order valence-electron chi connectivity index (χ4n) is 3.99. The van der Waals surface area contributed by atoms with Gasteiger partial charge in [-0.25, -0.2) is 27.9 Å². The summed E-state index contributed by atoms with van der Waals surface area (Å²) in [5.74, 6) is -1.54. The second kappa shape index (κ2) is 10.2. The molecule has 0 fully saturated rings.